The molecule has 2 amide bonds. The number of anilines is 1. The summed E-state index contributed by atoms with van der Waals surface area (Å²) in [5, 5.41) is 4.04. The molecule has 8 heteroatoms. The first kappa shape index (κ1) is 21.5. The smallest absolute Gasteiger partial charge is 0.316 e. The highest BCUT2D eigenvalue weighted by molar-refractivity contribution is 6.41. The summed E-state index contributed by atoms with van der Waals surface area (Å²) in [6.45, 7) is 7.24. The van der Waals surface area contributed by atoms with E-state index in [1.54, 1.807) is 18.2 Å². The van der Waals surface area contributed by atoms with E-state index < -0.39 is 11.8 Å². The van der Waals surface area contributed by atoms with Crippen LogP contribution in [-0.4, -0.2) is 47.1 Å². The number of para-hydroxylation sites is 2. The Morgan fingerprint density at radius 3 is 2.41 bits per heavy atom. The number of methoxy groups -OCH3 is 1. The summed E-state index contributed by atoms with van der Waals surface area (Å²) in [5.41, 5.74) is 2.67. The zero-order valence-corrected chi connectivity index (χ0v) is 18.7. The topological polar surface area (TPSA) is 88.8 Å². The standard InChI is InChI=1S/C24H26N4O4/c1-24(2,3)17-11-9-16(10-12-17)21-25-20(32-26-21)15-27-13-14-28(23(30)22(27)29)18-7-5-6-8-19(18)31-4/h5-12H,13-15H2,1-4H3. The molecule has 1 fully saturated rings. The molecule has 32 heavy (non-hydrogen) atoms. The Kier molecular flexibility index (Phi) is 5.69. The lowest BCUT2D eigenvalue weighted by atomic mass is 9.87. The summed E-state index contributed by atoms with van der Waals surface area (Å²) in [5.74, 6) is 0.0505. The minimum Gasteiger partial charge on any atom is -0.495 e. The molecule has 166 valence electrons. The summed E-state index contributed by atoms with van der Waals surface area (Å²) in [6.07, 6.45) is 0. The van der Waals surface area contributed by atoms with Crippen LogP contribution in [0.1, 0.15) is 32.2 Å². The molecule has 0 aliphatic carbocycles. The van der Waals surface area contributed by atoms with Gasteiger partial charge in [-0.15, -0.1) is 0 Å². The SMILES string of the molecule is COc1ccccc1N1CCN(Cc2nc(-c3ccc(C(C)(C)C)cc3)no2)C(=O)C1=O. The van der Waals surface area contributed by atoms with E-state index in [1.807, 2.05) is 30.3 Å². The van der Waals surface area contributed by atoms with Gasteiger partial charge in [0.2, 0.25) is 11.7 Å². The Balaban J connectivity index is 1.45. The fourth-order valence-electron chi connectivity index (χ4n) is 3.63. The fraction of sp³-hybridized carbons (Fsp3) is 0.333. The molecule has 3 aromatic rings. The summed E-state index contributed by atoms with van der Waals surface area (Å²) in [6, 6.07) is 15.1. The minimum atomic E-state index is -0.614. The van der Waals surface area contributed by atoms with Crippen molar-refractivity contribution >= 4 is 17.5 Å². The van der Waals surface area contributed by atoms with Gasteiger partial charge in [0.05, 0.1) is 12.8 Å². The first-order chi connectivity index (χ1) is 15.3. The number of nitrogens with zero attached hydrogens (tertiary/aromatic N) is 4. The molecule has 0 saturated carbocycles. The van der Waals surface area contributed by atoms with Gasteiger partial charge in [0.1, 0.15) is 12.3 Å². The van der Waals surface area contributed by atoms with Crippen LogP contribution in [0.3, 0.4) is 0 Å². The fourth-order valence-corrected chi connectivity index (χ4v) is 3.63. The summed E-state index contributed by atoms with van der Waals surface area (Å²) < 4.78 is 10.7. The Morgan fingerprint density at radius 1 is 1.00 bits per heavy atom. The van der Waals surface area contributed by atoms with E-state index in [9.17, 15) is 9.59 Å². The molecule has 0 bridgehead atoms. The van der Waals surface area contributed by atoms with Crippen molar-refractivity contribution in [1.29, 1.82) is 0 Å². The molecule has 1 saturated heterocycles. The van der Waals surface area contributed by atoms with Crippen molar-refractivity contribution in [2.75, 3.05) is 25.1 Å². The molecular weight excluding hydrogens is 408 g/mol. The summed E-state index contributed by atoms with van der Waals surface area (Å²) in [7, 11) is 1.53. The van der Waals surface area contributed by atoms with E-state index in [0.717, 1.165) is 5.56 Å². The molecule has 8 nitrogen and oxygen atoms in total. The highest BCUT2D eigenvalue weighted by atomic mass is 16.5. The molecule has 1 aromatic heterocycles. The first-order valence-corrected chi connectivity index (χ1v) is 10.4. The number of aromatic nitrogens is 2. The number of benzene rings is 2. The molecule has 0 spiro atoms. The molecule has 4 rings (SSSR count). The Morgan fingerprint density at radius 2 is 1.72 bits per heavy atom. The average Bonchev–Trinajstić information content (AvgIpc) is 3.25. The van der Waals surface area contributed by atoms with Crippen LogP contribution in [0, 0.1) is 0 Å². The van der Waals surface area contributed by atoms with Crippen molar-refractivity contribution in [3.8, 4) is 17.1 Å². The van der Waals surface area contributed by atoms with Crippen LogP contribution in [0.25, 0.3) is 11.4 Å². The number of carbonyl (C=O) groups is 2. The second kappa shape index (κ2) is 8.45. The minimum absolute atomic E-state index is 0.0553. The summed E-state index contributed by atoms with van der Waals surface area (Å²) in [4.78, 5) is 32.7. The van der Waals surface area contributed by atoms with E-state index in [0.29, 0.717) is 30.4 Å². The molecule has 0 unspecified atom stereocenters. The third-order valence-electron chi connectivity index (χ3n) is 5.49. The second-order valence-corrected chi connectivity index (χ2v) is 8.69. The van der Waals surface area contributed by atoms with Gasteiger partial charge in [0.25, 0.3) is 0 Å². The molecule has 0 atom stereocenters. The summed E-state index contributed by atoms with van der Waals surface area (Å²) >= 11 is 0. The Hall–Kier alpha value is -3.68. The maximum Gasteiger partial charge on any atom is 0.316 e. The van der Waals surface area contributed by atoms with Crippen LogP contribution in [0.5, 0.6) is 5.75 Å². The predicted molar refractivity (Wildman–Crippen MR) is 119 cm³/mol. The van der Waals surface area contributed by atoms with E-state index >= 15 is 0 Å². The van der Waals surface area contributed by atoms with Crippen molar-refractivity contribution in [2.45, 2.75) is 32.7 Å². The van der Waals surface area contributed by atoms with Crippen molar-refractivity contribution in [3.63, 3.8) is 0 Å². The molecule has 2 heterocycles. The van der Waals surface area contributed by atoms with Gasteiger partial charge in [0.15, 0.2) is 0 Å². The second-order valence-electron chi connectivity index (χ2n) is 8.69. The number of rotatable bonds is 5. The van der Waals surface area contributed by atoms with Crippen LogP contribution in [0.4, 0.5) is 5.69 Å². The van der Waals surface area contributed by atoms with E-state index in [4.69, 9.17) is 9.26 Å². The number of hydrogen-bond acceptors (Lipinski definition) is 6. The van der Waals surface area contributed by atoms with Crippen LogP contribution >= 0.6 is 0 Å². The maximum atomic E-state index is 12.7. The molecule has 2 aromatic carbocycles. The lowest BCUT2D eigenvalue weighted by Gasteiger charge is -2.33. The van der Waals surface area contributed by atoms with Crippen LogP contribution in [0.15, 0.2) is 53.1 Å². The highest BCUT2D eigenvalue weighted by Crippen LogP contribution is 2.29. The number of piperazine rings is 1. The molecule has 0 radical (unpaired) electrons. The predicted octanol–water partition coefficient (Wildman–Crippen LogP) is 3.42. The third kappa shape index (κ3) is 4.21. The number of hydrogen-bond donors (Lipinski definition) is 0. The van der Waals surface area contributed by atoms with E-state index in [2.05, 4.69) is 30.9 Å². The molecule has 1 aliphatic rings. The number of carbonyl (C=O) groups excluding carboxylic acids is 2. The highest BCUT2D eigenvalue weighted by Gasteiger charge is 2.35. The Bertz CT molecular complexity index is 1130. The molecular formula is C24H26N4O4. The van der Waals surface area contributed by atoms with Gasteiger partial charge in [-0.2, -0.15) is 4.98 Å². The van der Waals surface area contributed by atoms with Crippen molar-refractivity contribution < 1.29 is 18.8 Å². The number of amides is 2. The van der Waals surface area contributed by atoms with Gasteiger partial charge in [0, 0.05) is 18.7 Å². The van der Waals surface area contributed by atoms with Crippen molar-refractivity contribution in [1.82, 2.24) is 15.0 Å². The van der Waals surface area contributed by atoms with Gasteiger partial charge < -0.3 is 14.2 Å². The molecule has 0 N–H and O–H groups in total. The average molecular weight is 434 g/mol. The van der Waals surface area contributed by atoms with Crippen LogP contribution in [-0.2, 0) is 21.5 Å². The lowest BCUT2D eigenvalue weighted by molar-refractivity contribution is -0.146. The third-order valence-corrected chi connectivity index (χ3v) is 5.49. The Labute approximate surface area is 186 Å². The first-order valence-electron chi connectivity index (χ1n) is 10.4. The van der Waals surface area contributed by atoms with Crippen LogP contribution < -0.4 is 9.64 Å². The van der Waals surface area contributed by atoms with E-state index in [-0.39, 0.29) is 17.9 Å². The quantitative estimate of drug-likeness (QED) is 0.572. The normalized spacial score (nSPS) is 14.8. The van der Waals surface area contributed by atoms with Gasteiger partial charge in [-0.3, -0.25) is 14.5 Å². The zero-order valence-electron chi connectivity index (χ0n) is 18.7. The largest absolute Gasteiger partial charge is 0.495 e. The van der Waals surface area contributed by atoms with Gasteiger partial charge in [-0.1, -0.05) is 62.3 Å². The molecule has 1 aliphatic heterocycles. The number of ether oxygens (including phenoxy) is 1. The van der Waals surface area contributed by atoms with Crippen molar-refractivity contribution in [3.05, 3.63) is 60.0 Å². The van der Waals surface area contributed by atoms with Gasteiger partial charge in [-0.05, 0) is 23.1 Å². The van der Waals surface area contributed by atoms with Gasteiger partial charge >= 0.3 is 11.8 Å². The van der Waals surface area contributed by atoms with Gasteiger partial charge in [-0.25, -0.2) is 0 Å². The lowest BCUT2D eigenvalue weighted by Crippen LogP contribution is -2.54. The van der Waals surface area contributed by atoms with E-state index in [1.165, 1.54) is 22.5 Å². The van der Waals surface area contributed by atoms with Crippen LogP contribution in [0.2, 0.25) is 0 Å². The zero-order chi connectivity index (χ0) is 22.9. The maximum absolute atomic E-state index is 12.7. The monoisotopic (exact) mass is 434 g/mol. The van der Waals surface area contributed by atoms with Crippen molar-refractivity contribution in [2.24, 2.45) is 0 Å².